The minimum Gasteiger partial charge on any atom is -0.375 e. The van der Waals surface area contributed by atoms with E-state index in [0.29, 0.717) is 19.0 Å². The summed E-state index contributed by atoms with van der Waals surface area (Å²) in [5.41, 5.74) is 0.880. The van der Waals surface area contributed by atoms with Gasteiger partial charge in [-0.2, -0.15) is 0 Å². The molecule has 0 fully saturated rings. The zero-order chi connectivity index (χ0) is 14.8. The number of terminal acetylenes is 1. The summed E-state index contributed by atoms with van der Waals surface area (Å²) in [6, 6.07) is 6.21. The van der Waals surface area contributed by atoms with Gasteiger partial charge in [-0.05, 0) is 24.6 Å². The molecular weight excluding hydrogens is 384 g/mol. The fourth-order valence-electron chi connectivity index (χ4n) is 1.64. The number of rotatable bonds is 6. The maximum absolute atomic E-state index is 12.9. The van der Waals surface area contributed by atoms with Crippen LogP contribution >= 0.6 is 24.0 Å². The Kier molecular flexibility index (Phi) is 10.6. The van der Waals surface area contributed by atoms with Crippen molar-refractivity contribution in [3.8, 4) is 12.3 Å². The van der Waals surface area contributed by atoms with Crippen molar-refractivity contribution in [1.29, 1.82) is 0 Å². The predicted molar refractivity (Wildman–Crippen MR) is 94.4 cm³/mol. The molecule has 6 heteroatoms. The molecule has 0 aliphatic rings. The molecule has 0 bridgehead atoms. The lowest BCUT2D eigenvalue weighted by Gasteiger charge is -2.15. The summed E-state index contributed by atoms with van der Waals surface area (Å²) >= 11 is 0. The van der Waals surface area contributed by atoms with E-state index in [0.717, 1.165) is 12.1 Å². The van der Waals surface area contributed by atoms with E-state index in [1.165, 1.54) is 12.1 Å². The first-order valence-electron chi connectivity index (χ1n) is 6.45. The van der Waals surface area contributed by atoms with Gasteiger partial charge < -0.3 is 15.4 Å². The van der Waals surface area contributed by atoms with Crippen molar-refractivity contribution in [2.24, 2.45) is 4.99 Å². The topological polar surface area (TPSA) is 45.7 Å². The highest BCUT2D eigenvalue weighted by Gasteiger charge is 2.10. The molecule has 1 aromatic rings. The molecule has 1 aromatic carbocycles. The van der Waals surface area contributed by atoms with Crippen LogP contribution in [-0.4, -0.2) is 32.7 Å². The zero-order valence-corrected chi connectivity index (χ0v) is 14.6. The van der Waals surface area contributed by atoms with Gasteiger partial charge in [0.25, 0.3) is 0 Å². The molecule has 1 atom stereocenters. The van der Waals surface area contributed by atoms with Crippen molar-refractivity contribution in [3.63, 3.8) is 0 Å². The van der Waals surface area contributed by atoms with Gasteiger partial charge in [0.1, 0.15) is 11.9 Å². The first-order valence-corrected chi connectivity index (χ1v) is 6.45. The van der Waals surface area contributed by atoms with E-state index in [1.54, 1.807) is 19.2 Å². The quantitative estimate of drug-likeness (QED) is 0.331. The van der Waals surface area contributed by atoms with Crippen LogP contribution in [0.3, 0.4) is 0 Å². The predicted octanol–water partition coefficient (Wildman–Crippen LogP) is 2.32. The minimum absolute atomic E-state index is 0. The second kappa shape index (κ2) is 11.3. The lowest BCUT2D eigenvalue weighted by atomic mass is 10.1. The number of hydrogen-bond donors (Lipinski definition) is 2. The Labute approximate surface area is 142 Å². The highest BCUT2D eigenvalue weighted by molar-refractivity contribution is 14.0. The smallest absolute Gasteiger partial charge is 0.192 e. The van der Waals surface area contributed by atoms with Crippen LogP contribution in [0.2, 0.25) is 0 Å². The van der Waals surface area contributed by atoms with Crippen molar-refractivity contribution in [2.45, 2.75) is 13.0 Å². The first kappa shape index (κ1) is 19.7. The second-order valence-electron chi connectivity index (χ2n) is 4.05. The molecule has 0 aliphatic carbocycles. The monoisotopic (exact) mass is 405 g/mol. The van der Waals surface area contributed by atoms with Gasteiger partial charge in [0.15, 0.2) is 5.96 Å². The van der Waals surface area contributed by atoms with Crippen molar-refractivity contribution in [1.82, 2.24) is 10.6 Å². The van der Waals surface area contributed by atoms with Crippen LogP contribution in [0.4, 0.5) is 4.39 Å². The van der Waals surface area contributed by atoms with Crippen LogP contribution in [0.25, 0.3) is 0 Å². The normalized spacial score (nSPS) is 12.0. The molecule has 0 heterocycles. The van der Waals surface area contributed by atoms with Gasteiger partial charge in [-0.15, -0.1) is 30.4 Å². The van der Waals surface area contributed by atoms with Gasteiger partial charge in [-0.3, -0.25) is 4.99 Å². The highest BCUT2D eigenvalue weighted by Crippen LogP contribution is 2.17. The molecule has 0 aliphatic heterocycles. The fraction of sp³-hybridized carbons (Fsp3) is 0.400. The number of benzene rings is 1. The number of guanidine groups is 1. The largest absolute Gasteiger partial charge is 0.375 e. The van der Waals surface area contributed by atoms with Crippen LogP contribution in [-0.2, 0) is 4.74 Å². The Hall–Kier alpha value is -1.33. The van der Waals surface area contributed by atoms with E-state index in [9.17, 15) is 4.39 Å². The first-order chi connectivity index (χ1) is 9.71. The Morgan fingerprint density at radius 3 is 2.57 bits per heavy atom. The lowest BCUT2D eigenvalue weighted by Crippen LogP contribution is -2.37. The number of aliphatic imine (C=N–C) groups is 1. The number of methoxy groups -OCH3 is 1. The Balaban J connectivity index is 0.00000400. The maximum Gasteiger partial charge on any atom is 0.192 e. The Morgan fingerprint density at radius 1 is 1.38 bits per heavy atom. The molecular formula is C15H21FIN3O. The molecule has 0 spiro atoms. The molecule has 4 nitrogen and oxygen atoms in total. The van der Waals surface area contributed by atoms with Crippen molar-refractivity contribution < 1.29 is 9.13 Å². The third-order valence-electron chi connectivity index (χ3n) is 2.64. The molecule has 0 saturated carbocycles. The van der Waals surface area contributed by atoms with Crippen LogP contribution in [0, 0.1) is 18.2 Å². The Morgan fingerprint density at radius 2 is 2.05 bits per heavy atom. The van der Waals surface area contributed by atoms with E-state index < -0.39 is 0 Å². The molecule has 2 N–H and O–H groups in total. The average Bonchev–Trinajstić information content (AvgIpc) is 2.47. The highest BCUT2D eigenvalue weighted by atomic mass is 127. The summed E-state index contributed by atoms with van der Waals surface area (Å²) in [7, 11) is 1.60. The summed E-state index contributed by atoms with van der Waals surface area (Å²) in [5, 5.41) is 6.08. The summed E-state index contributed by atoms with van der Waals surface area (Å²) in [6.45, 7) is 3.54. The molecule has 0 saturated heterocycles. The molecule has 116 valence electrons. The number of hydrogen-bond acceptors (Lipinski definition) is 2. The van der Waals surface area contributed by atoms with E-state index in [1.807, 2.05) is 6.92 Å². The third kappa shape index (κ3) is 7.29. The van der Waals surface area contributed by atoms with Gasteiger partial charge in [-0.25, -0.2) is 4.39 Å². The standard InChI is InChI=1S/C15H20FN3O.HI/c1-4-10-18-15(17-5-2)19-11-14(20-3)12-6-8-13(16)9-7-12;/h1,6-9,14H,5,10-11H2,2-3H3,(H2,17,18,19);1H. The van der Waals surface area contributed by atoms with Crippen molar-refractivity contribution in [3.05, 3.63) is 35.6 Å². The summed E-state index contributed by atoms with van der Waals surface area (Å²) in [5.74, 6) is 2.86. The number of ether oxygens (including phenoxy) is 1. The van der Waals surface area contributed by atoms with Crippen molar-refractivity contribution in [2.75, 3.05) is 26.7 Å². The van der Waals surface area contributed by atoms with Crippen LogP contribution in [0.15, 0.2) is 29.3 Å². The fourth-order valence-corrected chi connectivity index (χ4v) is 1.64. The average molecular weight is 405 g/mol. The molecule has 21 heavy (non-hydrogen) atoms. The van der Waals surface area contributed by atoms with E-state index >= 15 is 0 Å². The van der Waals surface area contributed by atoms with Crippen LogP contribution < -0.4 is 10.6 Å². The van der Waals surface area contributed by atoms with E-state index in [4.69, 9.17) is 11.2 Å². The van der Waals surface area contributed by atoms with Gasteiger partial charge >= 0.3 is 0 Å². The molecule has 0 radical (unpaired) electrons. The Bertz CT molecular complexity index is 471. The lowest BCUT2D eigenvalue weighted by molar-refractivity contribution is 0.111. The molecule has 0 amide bonds. The van der Waals surface area contributed by atoms with Gasteiger partial charge in [0.2, 0.25) is 0 Å². The third-order valence-corrected chi connectivity index (χ3v) is 2.64. The van der Waals surface area contributed by atoms with Crippen molar-refractivity contribution >= 4 is 29.9 Å². The number of nitrogens with one attached hydrogen (secondary N) is 2. The van der Waals surface area contributed by atoms with Gasteiger partial charge in [0.05, 0.1) is 13.1 Å². The van der Waals surface area contributed by atoms with E-state index in [2.05, 4.69) is 21.5 Å². The van der Waals surface area contributed by atoms with Crippen LogP contribution in [0.1, 0.15) is 18.6 Å². The maximum atomic E-state index is 12.9. The molecule has 1 unspecified atom stereocenters. The summed E-state index contributed by atoms with van der Waals surface area (Å²) in [4.78, 5) is 4.40. The van der Waals surface area contributed by atoms with E-state index in [-0.39, 0.29) is 35.9 Å². The second-order valence-corrected chi connectivity index (χ2v) is 4.05. The molecule has 0 aromatic heterocycles. The molecule has 1 rings (SSSR count). The van der Waals surface area contributed by atoms with Gasteiger partial charge in [0, 0.05) is 13.7 Å². The summed E-state index contributed by atoms with van der Waals surface area (Å²) in [6.07, 6.45) is 4.98. The summed E-state index contributed by atoms with van der Waals surface area (Å²) < 4.78 is 18.3. The van der Waals surface area contributed by atoms with Gasteiger partial charge in [-0.1, -0.05) is 18.1 Å². The van der Waals surface area contributed by atoms with Crippen LogP contribution in [0.5, 0.6) is 0 Å². The zero-order valence-electron chi connectivity index (χ0n) is 12.2. The number of halogens is 2. The number of nitrogens with zero attached hydrogens (tertiary/aromatic N) is 1. The minimum atomic E-state index is -0.267. The SMILES string of the molecule is C#CCNC(=NCC(OC)c1ccc(F)cc1)NCC.I.